The lowest BCUT2D eigenvalue weighted by Crippen LogP contribution is -2.42. The average Bonchev–Trinajstić information content (AvgIpc) is 2.08. The average molecular weight is 235 g/mol. The van der Waals surface area contributed by atoms with Crippen molar-refractivity contribution in [3.05, 3.63) is 28.0 Å². The van der Waals surface area contributed by atoms with Gasteiger partial charge in [0, 0.05) is 11.8 Å². The molecular weight excluding hydrogens is 227 g/mol. The molecule has 0 aliphatic heterocycles. The Kier molecular flexibility index (Phi) is 2.99. The van der Waals surface area contributed by atoms with E-state index in [0.29, 0.717) is 0 Å². The van der Waals surface area contributed by atoms with Crippen molar-refractivity contribution < 1.29 is 9.90 Å². The zero-order valence-electron chi connectivity index (χ0n) is 7.29. The normalized spacial score (nSPS) is 14.9. The first-order chi connectivity index (χ1) is 6.35. The molecule has 1 rings (SSSR count). The predicted molar refractivity (Wildman–Crippen MR) is 53.4 cm³/mol. The predicted octanol–water partition coefficient (Wildman–Crippen LogP) is 1.65. The molecule has 14 heavy (non-hydrogen) atoms. The van der Waals surface area contributed by atoms with Crippen LogP contribution in [0.5, 0.6) is 0 Å². The summed E-state index contributed by atoms with van der Waals surface area (Å²) >= 11 is 11.4. The van der Waals surface area contributed by atoms with E-state index in [2.05, 4.69) is 4.98 Å². The molecule has 0 bridgehead atoms. The van der Waals surface area contributed by atoms with Crippen molar-refractivity contribution in [1.29, 1.82) is 0 Å². The van der Waals surface area contributed by atoms with E-state index in [9.17, 15) is 4.79 Å². The number of halogens is 2. The van der Waals surface area contributed by atoms with Crippen LogP contribution in [0.25, 0.3) is 0 Å². The highest BCUT2D eigenvalue weighted by Crippen LogP contribution is 2.27. The lowest BCUT2D eigenvalue weighted by molar-refractivity contribution is -0.143. The van der Waals surface area contributed by atoms with E-state index < -0.39 is 11.5 Å². The minimum absolute atomic E-state index is 0.155. The van der Waals surface area contributed by atoms with Gasteiger partial charge in [-0.05, 0) is 13.0 Å². The number of hydrogen-bond donors (Lipinski definition) is 2. The lowest BCUT2D eigenvalue weighted by Gasteiger charge is -2.20. The standard InChI is InChI=1S/C8H8Cl2N2O2/c1-8(11,7(13)14)4-2-6(10)12-3-5(4)9/h2-3H,11H2,1H3,(H,13,14). The van der Waals surface area contributed by atoms with Gasteiger partial charge in [-0.3, -0.25) is 0 Å². The number of nitrogens with zero attached hydrogens (tertiary/aromatic N) is 1. The van der Waals surface area contributed by atoms with Crippen LogP contribution in [-0.4, -0.2) is 16.1 Å². The minimum Gasteiger partial charge on any atom is -0.480 e. The number of nitrogens with two attached hydrogens (primary N) is 1. The van der Waals surface area contributed by atoms with E-state index in [1.807, 2.05) is 0 Å². The second-order valence-corrected chi connectivity index (χ2v) is 3.79. The Morgan fingerprint density at radius 3 is 2.71 bits per heavy atom. The second kappa shape index (κ2) is 3.73. The van der Waals surface area contributed by atoms with Gasteiger partial charge in [0.05, 0.1) is 5.02 Å². The van der Waals surface area contributed by atoms with Crippen LogP contribution in [-0.2, 0) is 10.3 Å². The highest BCUT2D eigenvalue weighted by Gasteiger charge is 2.32. The van der Waals surface area contributed by atoms with Gasteiger partial charge in [-0.15, -0.1) is 0 Å². The van der Waals surface area contributed by atoms with Crippen LogP contribution in [0.15, 0.2) is 12.3 Å². The zero-order chi connectivity index (χ0) is 10.9. The van der Waals surface area contributed by atoms with Crippen molar-refractivity contribution in [2.75, 3.05) is 0 Å². The highest BCUT2D eigenvalue weighted by atomic mass is 35.5. The van der Waals surface area contributed by atoms with E-state index >= 15 is 0 Å². The molecule has 0 aliphatic rings. The van der Waals surface area contributed by atoms with Crippen LogP contribution in [0.4, 0.5) is 0 Å². The Bertz CT molecular complexity index is 380. The van der Waals surface area contributed by atoms with Crippen molar-refractivity contribution in [2.24, 2.45) is 5.73 Å². The summed E-state index contributed by atoms with van der Waals surface area (Å²) in [6.45, 7) is 1.34. The van der Waals surface area contributed by atoms with Gasteiger partial charge in [0.25, 0.3) is 0 Å². The van der Waals surface area contributed by atoms with Gasteiger partial charge >= 0.3 is 5.97 Å². The van der Waals surface area contributed by atoms with Crippen LogP contribution in [0, 0.1) is 0 Å². The van der Waals surface area contributed by atoms with Gasteiger partial charge in [0.15, 0.2) is 0 Å². The maximum absolute atomic E-state index is 10.8. The van der Waals surface area contributed by atoms with Crippen LogP contribution >= 0.6 is 23.2 Å². The fraction of sp³-hybridized carbons (Fsp3) is 0.250. The summed E-state index contributed by atoms with van der Waals surface area (Å²) in [5, 5.41) is 9.20. The van der Waals surface area contributed by atoms with E-state index in [1.54, 1.807) is 0 Å². The molecule has 76 valence electrons. The molecule has 0 fully saturated rings. The summed E-state index contributed by atoms with van der Waals surface area (Å²) in [4.78, 5) is 14.5. The minimum atomic E-state index is -1.57. The van der Waals surface area contributed by atoms with Crippen molar-refractivity contribution in [3.8, 4) is 0 Å². The molecule has 1 aromatic heterocycles. The second-order valence-electron chi connectivity index (χ2n) is 2.99. The van der Waals surface area contributed by atoms with Crippen molar-refractivity contribution in [1.82, 2.24) is 4.98 Å². The Morgan fingerprint density at radius 1 is 1.64 bits per heavy atom. The van der Waals surface area contributed by atoms with Gasteiger partial charge in [0.1, 0.15) is 10.7 Å². The van der Waals surface area contributed by atoms with E-state index in [-0.39, 0.29) is 15.7 Å². The summed E-state index contributed by atoms with van der Waals surface area (Å²) in [6.07, 6.45) is 1.27. The Labute approximate surface area is 90.6 Å². The number of pyridine rings is 1. The number of carboxylic acid groups (broad SMARTS) is 1. The smallest absolute Gasteiger partial charge is 0.328 e. The largest absolute Gasteiger partial charge is 0.480 e. The first-order valence-corrected chi connectivity index (χ1v) is 4.45. The van der Waals surface area contributed by atoms with Crippen molar-refractivity contribution in [2.45, 2.75) is 12.5 Å². The number of aliphatic carboxylic acids is 1. The number of carbonyl (C=O) groups is 1. The van der Waals surface area contributed by atoms with Gasteiger partial charge < -0.3 is 10.8 Å². The van der Waals surface area contributed by atoms with E-state index in [4.69, 9.17) is 34.0 Å². The molecule has 0 radical (unpaired) electrons. The Hall–Kier alpha value is -0.840. The van der Waals surface area contributed by atoms with Crippen LogP contribution < -0.4 is 5.73 Å². The maximum Gasteiger partial charge on any atom is 0.328 e. The fourth-order valence-electron chi connectivity index (χ4n) is 0.926. The van der Waals surface area contributed by atoms with Crippen molar-refractivity contribution >= 4 is 29.2 Å². The van der Waals surface area contributed by atoms with E-state index in [1.165, 1.54) is 19.2 Å². The number of carboxylic acids is 1. The van der Waals surface area contributed by atoms with E-state index in [0.717, 1.165) is 0 Å². The molecule has 0 aliphatic carbocycles. The molecule has 0 saturated heterocycles. The quantitative estimate of drug-likeness (QED) is 0.764. The third-order valence-electron chi connectivity index (χ3n) is 1.83. The molecule has 0 saturated carbocycles. The van der Waals surface area contributed by atoms with Crippen LogP contribution in [0.3, 0.4) is 0 Å². The van der Waals surface area contributed by atoms with Gasteiger partial charge in [0.2, 0.25) is 0 Å². The summed E-state index contributed by atoms with van der Waals surface area (Å²) in [6, 6.07) is 1.35. The van der Waals surface area contributed by atoms with Crippen LogP contribution in [0.2, 0.25) is 10.2 Å². The molecule has 0 spiro atoms. The molecule has 1 atom stereocenters. The Balaban J connectivity index is 3.31. The third-order valence-corrected chi connectivity index (χ3v) is 2.33. The van der Waals surface area contributed by atoms with Crippen LogP contribution in [0.1, 0.15) is 12.5 Å². The monoisotopic (exact) mass is 234 g/mol. The third kappa shape index (κ3) is 1.97. The molecule has 1 unspecified atom stereocenters. The number of aromatic nitrogens is 1. The molecule has 4 nitrogen and oxygen atoms in total. The maximum atomic E-state index is 10.8. The molecular formula is C8H8Cl2N2O2. The molecule has 0 aromatic carbocycles. The SMILES string of the molecule is CC(N)(C(=O)O)c1cc(Cl)ncc1Cl. The fourth-order valence-corrected chi connectivity index (χ4v) is 1.38. The summed E-state index contributed by atoms with van der Waals surface area (Å²) in [5.74, 6) is -1.18. The summed E-state index contributed by atoms with van der Waals surface area (Å²) in [7, 11) is 0. The Morgan fingerprint density at radius 2 is 2.21 bits per heavy atom. The lowest BCUT2D eigenvalue weighted by atomic mass is 9.94. The first kappa shape index (κ1) is 11.2. The van der Waals surface area contributed by atoms with Gasteiger partial charge in [-0.2, -0.15) is 0 Å². The molecule has 6 heteroatoms. The molecule has 0 amide bonds. The van der Waals surface area contributed by atoms with Gasteiger partial charge in [-0.1, -0.05) is 23.2 Å². The molecule has 1 heterocycles. The molecule has 1 aromatic rings. The number of hydrogen-bond acceptors (Lipinski definition) is 3. The highest BCUT2D eigenvalue weighted by molar-refractivity contribution is 6.33. The van der Waals surface area contributed by atoms with Crippen molar-refractivity contribution in [3.63, 3.8) is 0 Å². The summed E-state index contributed by atoms with van der Waals surface area (Å²) in [5.41, 5.74) is 4.26. The first-order valence-electron chi connectivity index (χ1n) is 3.69. The molecule has 3 N–H and O–H groups in total. The topological polar surface area (TPSA) is 76.2 Å². The number of rotatable bonds is 2. The van der Waals surface area contributed by atoms with Gasteiger partial charge in [-0.25, -0.2) is 9.78 Å². The zero-order valence-corrected chi connectivity index (χ0v) is 8.80. The summed E-state index contributed by atoms with van der Waals surface area (Å²) < 4.78 is 0.